The lowest BCUT2D eigenvalue weighted by Crippen LogP contribution is -2.35. The van der Waals surface area contributed by atoms with Crippen molar-refractivity contribution in [3.05, 3.63) is 50.7 Å². The number of aromatic nitrogens is 2. The predicted molar refractivity (Wildman–Crippen MR) is 86.9 cm³/mol. The van der Waals surface area contributed by atoms with Gasteiger partial charge in [0.05, 0.1) is 15.1 Å². The van der Waals surface area contributed by atoms with Crippen LogP contribution in [0.15, 0.2) is 39.8 Å². The van der Waals surface area contributed by atoms with Crippen LogP contribution in [0.5, 0.6) is 0 Å². The third kappa shape index (κ3) is 4.02. The summed E-state index contributed by atoms with van der Waals surface area (Å²) in [6.45, 7) is 1.65. The maximum absolute atomic E-state index is 12.2. The number of nitrogens with zero attached hydrogens (tertiary/aromatic N) is 3. The van der Waals surface area contributed by atoms with Crippen molar-refractivity contribution in [2.45, 2.75) is 11.8 Å². The number of nitrogens with one attached hydrogen (secondary N) is 2. The molecule has 0 saturated carbocycles. The average Bonchev–Trinajstić information content (AvgIpc) is 2.50. The molecule has 2 amide bonds. The topological polar surface area (TPSA) is 144 Å². The smallest absolute Gasteiger partial charge is 0.275 e. The second kappa shape index (κ2) is 6.88. The lowest BCUT2D eigenvalue weighted by molar-refractivity contribution is -0.387. The van der Waals surface area contributed by atoms with Gasteiger partial charge in [0.2, 0.25) is 5.95 Å². The first kappa shape index (κ1) is 17.7. The number of benzene rings is 1. The number of nitro groups is 1. The Kier molecular flexibility index (Phi) is 5.09. The molecular weight excluding hydrogens is 406 g/mol. The fourth-order valence-corrected chi connectivity index (χ4v) is 2.92. The number of urea groups is 1. The van der Waals surface area contributed by atoms with E-state index < -0.39 is 31.6 Å². The molecule has 1 heterocycles. The van der Waals surface area contributed by atoms with Gasteiger partial charge in [-0.05, 0) is 28.9 Å². The Hall–Kier alpha value is -2.60. The number of nitro benzene ring substituents is 1. The number of amides is 2. The van der Waals surface area contributed by atoms with Gasteiger partial charge in [0.25, 0.3) is 15.7 Å². The maximum atomic E-state index is 12.2. The quantitative estimate of drug-likeness (QED) is 0.573. The third-order valence-corrected chi connectivity index (χ3v) is 4.88. The summed E-state index contributed by atoms with van der Waals surface area (Å²) in [4.78, 5) is 29.0. The van der Waals surface area contributed by atoms with E-state index in [1.54, 1.807) is 11.6 Å². The zero-order chi connectivity index (χ0) is 17.9. The minimum Gasteiger partial charge on any atom is -0.275 e. The molecule has 1 aromatic heterocycles. The summed E-state index contributed by atoms with van der Waals surface area (Å²) >= 11 is 3.18. The van der Waals surface area contributed by atoms with Crippen LogP contribution >= 0.6 is 15.9 Å². The number of rotatable bonds is 4. The lowest BCUT2D eigenvalue weighted by atomic mass is 10.3. The van der Waals surface area contributed by atoms with Crippen LogP contribution in [0.2, 0.25) is 0 Å². The fourth-order valence-electron chi connectivity index (χ4n) is 1.65. The minimum absolute atomic E-state index is 0.119. The molecule has 10 nitrogen and oxygen atoms in total. The largest absolute Gasteiger partial charge is 0.335 e. The Morgan fingerprint density at radius 2 is 2.00 bits per heavy atom. The molecule has 0 aliphatic heterocycles. The van der Waals surface area contributed by atoms with Crippen LogP contribution in [-0.2, 0) is 10.0 Å². The first-order chi connectivity index (χ1) is 11.2. The summed E-state index contributed by atoms with van der Waals surface area (Å²) in [5.74, 6) is -0.119. The number of anilines is 1. The van der Waals surface area contributed by atoms with E-state index >= 15 is 0 Å². The second-order valence-corrected chi connectivity index (χ2v) is 6.92. The molecule has 0 aliphatic carbocycles. The minimum atomic E-state index is -4.44. The fraction of sp³-hybridized carbons (Fsp3) is 0.0833. The summed E-state index contributed by atoms with van der Waals surface area (Å²) in [7, 11) is -4.44. The molecule has 0 atom stereocenters. The number of hydrogen-bond donors (Lipinski definition) is 2. The monoisotopic (exact) mass is 415 g/mol. The first-order valence-electron chi connectivity index (χ1n) is 6.27. The Labute approximate surface area is 144 Å². The number of carbonyl (C=O) groups is 1. The molecule has 0 unspecified atom stereocenters. The zero-order valence-electron chi connectivity index (χ0n) is 12.1. The first-order valence-corrected chi connectivity index (χ1v) is 8.54. The second-order valence-electron chi connectivity index (χ2n) is 4.41. The third-order valence-electron chi connectivity index (χ3n) is 2.72. The molecule has 1 aromatic carbocycles. The molecule has 0 fully saturated rings. The van der Waals surface area contributed by atoms with E-state index in [2.05, 4.69) is 31.2 Å². The van der Waals surface area contributed by atoms with Crippen LogP contribution in [0, 0.1) is 17.0 Å². The number of para-hydroxylation sites is 1. The van der Waals surface area contributed by atoms with Crippen LogP contribution in [0.3, 0.4) is 0 Å². The average molecular weight is 416 g/mol. The van der Waals surface area contributed by atoms with Crippen molar-refractivity contribution in [2.75, 3.05) is 5.32 Å². The van der Waals surface area contributed by atoms with Gasteiger partial charge < -0.3 is 0 Å². The molecule has 24 heavy (non-hydrogen) atoms. The number of carbonyl (C=O) groups excluding carboxylic acids is 1. The van der Waals surface area contributed by atoms with E-state index in [0.29, 0.717) is 10.2 Å². The van der Waals surface area contributed by atoms with Crippen molar-refractivity contribution < 1.29 is 18.1 Å². The van der Waals surface area contributed by atoms with Gasteiger partial charge in [-0.25, -0.2) is 27.9 Å². The lowest BCUT2D eigenvalue weighted by Gasteiger charge is -2.08. The van der Waals surface area contributed by atoms with E-state index in [1.807, 2.05) is 0 Å². The number of hydrogen-bond acceptors (Lipinski definition) is 7. The number of halogens is 1. The maximum Gasteiger partial charge on any atom is 0.335 e. The summed E-state index contributed by atoms with van der Waals surface area (Å²) in [5.41, 5.74) is -0.115. The summed E-state index contributed by atoms with van der Waals surface area (Å²) in [5, 5.41) is 13.0. The highest BCUT2D eigenvalue weighted by Crippen LogP contribution is 2.22. The highest BCUT2D eigenvalue weighted by atomic mass is 79.9. The van der Waals surface area contributed by atoms with Crippen molar-refractivity contribution in [3.8, 4) is 0 Å². The Morgan fingerprint density at radius 3 is 2.62 bits per heavy atom. The molecule has 12 heteroatoms. The standard InChI is InChI=1S/C12H10BrN5O5S/c1-7-8(13)6-14-11(15-7)16-12(19)17-24(22,23)10-5-3-2-4-9(10)18(20)21/h2-6H,1H3,(H2,14,15,16,17,19). The van der Waals surface area contributed by atoms with Crippen LogP contribution in [0.4, 0.5) is 16.4 Å². The van der Waals surface area contributed by atoms with Gasteiger partial charge >= 0.3 is 6.03 Å². The van der Waals surface area contributed by atoms with E-state index in [4.69, 9.17) is 0 Å². The molecule has 0 saturated heterocycles. The van der Waals surface area contributed by atoms with Gasteiger partial charge in [-0.3, -0.25) is 15.4 Å². The zero-order valence-corrected chi connectivity index (χ0v) is 14.5. The van der Waals surface area contributed by atoms with Gasteiger partial charge in [0.15, 0.2) is 4.90 Å². The number of sulfonamides is 1. The summed E-state index contributed by atoms with van der Waals surface area (Å²) in [6.07, 6.45) is 1.38. The van der Waals surface area contributed by atoms with Crippen molar-refractivity contribution in [2.24, 2.45) is 0 Å². The van der Waals surface area contributed by atoms with Crippen molar-refractivity contribution in [1.82, 2.24) is 14.7 Å². The molecule has 2 aromatic rings. The predicted octanol–water partition coefficient (Wildman–Crippen LogP) is 1.97. The molecule has 0 aliphatic rings. The van der Waals surface area contributed by atoms with E-state index in [1.165, 1.54) is 18.3 Å². The van der Waals surface area contributed by atoms with Gasteiger partial charge in [-0.1, -0.05) is 12.1 Å². The summed E-state index contributed by atoms with van der Waals surface area (Å²) in [6, 6.07) is 3.52. The highest BCUT2D eigenvalue weighted by Gasteiger charge is 2.27. The molecule has 126 valence electrons. The van der Waals surface area contributed by atoms with Gasteiger partial charge in [0, 0.05) is 12.3 Å². The molecule has 0 radical (unpaired) electrons. The summed E-state index contributed by atoms with van der Waals surface area (Å²) < 4.78 is 26.6. The van der Waals surface area contributed by atoms with Gasteiger partial charge in [-0.2, -0.15) is 0 Å². The van der Waals surface area contributed by atoms with Crippen molar-refractivity contribution in [3.63, 3.8) is 0 Å². The Morgan fingerprint density at radius 1 is 1.33 bits per heavy atom. The van der Waals surface area contributed by atoms with E-state index in [9.17, 15) is 23.3 Å². The number of aryl methyl sites for hydroxylation is 1. The molecule has 2 rings (SSSR count). The van der Waals surface area contributed by atoms with Crippen LogP contribution in [0.25, 0.3) is 0 Å². The van der Waals surface area contributed by atoms with Crippen LogP contribution < -0.4 is 10.0 Å². The Balaban J connectivity index is 2.21. The van der Waals surface area contributed by atoms with Gasteiger partial charge in [-0.15, -0.1) is 0 Å². The van der Waals surface area contributed by atoms with Crippen molar-refractivity contribution >= 4 is 43.6 Å². The van der Waals surface area contributed by atoms with Gasteiger partial charge in [0.1, 0.15) is 0 Å². The molecule has 2 N–H and O–H groups in total. The molecular formula is C12H10BrN5O5S. The van der Waals surface area contributed by atoms with Crippen LogP contribution in [0.1, 0.15) is 5.69 Å². The molecule has 0 spiro atoms. The van der Waals surface area contributed by atoms with E-state index in [0.717, 1.165) is 12.1 Å². The Bertz CT molecular complexity index is 918. The van der Waals surface area contributed by atoms with Crippen LogP contribution in [-0.4, -0.2) is 29.3 Å². The molecule has 0 bridgehead atoms. The normalized spacial score (nSPS) is 10.9. The van der Waals surface area contributed by atoms with Crippen molar-refractivity contribution in [1.29, 1.82) is 0 Å². The SMILES string of the molecule is Cc1nc(NC(=O)NS(=O)(=O)c2ccccc2[N+](=O)[O-])ncc1Br. The van der Waals surface area contributed by atoms with E-state index in [-0.39, 0.29) is 5.95 Å². The highest BCUT2D eigenvalue weighted by molar-refractivity contribution is 9.10.